The highest BCUT2D eigenvalue weighted by molar-refractivity contribution is 7.98. The van der Waals surface area contributed by atoms with Crippen molar-refractivity contribution in [1.29, 1.82) is 0 Å². The molecule has 1 aliphatic heterocycles. The van der Waals surface area contributed by atoms with Gasteiger partial charge in [0, 0.05) is 41.3 Å². The molecule has 152 valence electrons. The van der Waals surface area contributed by atoms with Gasteiger partial charge in [-0.15, -0.1) is 11.8 Å². The minimum Gasteiger partial charge on any atom is -0.378 e. The molecule has 1 amide bonds. The number of aromatic nitrogens is 2. The average Bonchev–Trinajstić information content (AvgIpc) is 3.40. The number of amides is 1. The van der Waals surface area contributed by atoms with Crippen molar-refractivity contribution < 1.29 is 9.53 Å². The first-order valence-electron chi connectivity index (χ1n) is 10.3. The van der Waals surface area contributed by atoms with E-state index < -0.39 is 0 Å². The molecular formula is C23H27N3O2S. The third kappa shape index (κ3) is 5.40. The van der Waals surface area contributed by atoms with Crippen molar-refractivity contribution in [3.05, 3.63) is 66.1 Å². The van der Waals surface area contributed by atoms with Crippen LogP contribution in [0.4, 0.5) is 0 Å². The number of carbonyl (C=O) groups is 1. The monoisotopic (exact) mass is 409 g/mol. The number of hydrogen-bond donors (Lipinski definition) is 1. The molecule has 2 aromatic heterocycles. The van der Waals surface area contributed by atoms with Crippen molar-refractivity contribution >= 4 is 23.3 Å². The lowest BCUT2D eigenvalue weighted by molar-refractivity contribution is 0.0899. The van der Waals surface area contributed by atoms with Crippen LogP contribution in [0.2, 0.25) is 0 Å². The quantitative estimate of drug-likeness (QED) is 0.548. The van der Waals surface area contributed by atoms with Gasteiger partial charge in [0.2, 0.25) is 0 Å². The topological polar surface area (TPSA) is 55.6 Å². The Hall–Kier alpha value is -2.31. The molecule has 0 spiro atoms. The zero-order valence-electron chi connectivity index (χ0n) is 16.7. The second-order valence-corrected chi connectivity index (χ2v) is 8.65. The predicted octanol–water partition coefficient (Wildman–Crippen LogP) is 4.70. The van der Waals surface area contributed by atoms with E-state index in [9.17, 15) is 4.79 Å². The van der Waals surface area contributed by atoms with E-state index in [4.69, 9.17) is 4.74 Å². The Balaban J connectivity index is 1.25. The molecule has 1 aliphatic rings. The number of rotatable bonds is 8. The molecule has 5 nitrogen and oxygen atoms in total. The van der Waals surface area contributed by atoms with Crippen LogP contribution in [0.3, 0.4) is 0 Å². The van der Waals surface area contributed by atoms with Gasteiger partial charge in [-0.1, -0.05) is 6.07 Å². The summed E-state index contributed by atoms with van der Waals surface area (Å²) in [4.78, 5) is 18.2. The Morgan fingerprint density at radius 3 is 2.93 bits per heavy atom. The highest BCUT2D eigenvalue weighted by Gasteiger charge is 2.17. The van der Waals surface area contributed by atoms with Crippen LogP contribution in [0.5, 0.6) is 0 Å². The van der Waals surface area contributed by atoms with Crippen LogP contribution in [0, 0.1) is 0 Å². The Morgan fingerprint density at radius 1 is 1.31 bits per heavy atom. The van der Waals surface area contributed by atoms with Gasteiger partial charge in [0.1, 0.15) is 5.65 Å². The largest absolute Gasteiger partial charge is 0.378 e. The van der Waals surface area contributed by atoms with E-state index in [1.807, 2.05) is 53.1 Å². The molecule has 1 aromatic carbocycles. The summed E-state index contributed by atoms with van der Waals surface area (Å²) in [6.45, 7) is 2.94. The molecule has 4 rings (SSSR count). The summed E-state index contributed by atoms with van der Waals surface area (Å²) in [5, 5.41) is 3.10. The van der Waals surface area contributed by atoms with Crippen LogP contribution in [0.1, 0.15) is 48.7 Å². The number of fused-ring (bicyclic) bond motifs is 1. The fourth-order valence-corrected chi connectivity index (χ4v) is 4.39. The summed E-state index contributed by atoms with van der Waals surface area (Å²) in [7, 11) is 0. The van der Waals surface area contributed by atoms with Gasteiger partial charge in [0.15, 0.2) is 0 Å². The lowest BCUT2D eigenvalue weighted by Crippen LogP contribution is -2.33. The summed E-state index contributed by atoms with van der Waals surface area (Å²) >= 11 is 1.72. The average molecular weight is 410 g/mol. The maximum atomic E-state index is 12.5. The third-order valence-electron chi connectivity index (χ3n) is 5.24. The lowest BCUT2D eigenvalue weighted by atomic mass is 10.1. The highest BCUT2D eigenvalue weighted by atomic mass is 32.2. The van der Waals surface area contributed by atoms with Crippen molar-refractivity contribution in [2.75, 3.05) is 6.61 Å². The number of carbonyl (C=O) groups excluding carboxylic acids is 1. The molecule has 6 heteroatoms. The normalized spacial score (nSPS) is 17.5. The van der Waals surface area contributed by atoms with Crippen molar-refractivity contribution in [3.8, 4) is 0 Å². The van der Waals surface area contributed by atoms with Crippen LogP contribution < -0.4 is 5.32 Å². The van der Waals surface area contributed by atoms with Gasteiger partial charge >= 0.3 is 0 Å². The Morgan fingerprint density at radius 2 is 2.17 bits per heavy atom. The molecule has 1 fully saturated rings. The number of ether oxygens (including phenoxy) is 1. The molecule has 0 bridgehead atoms. The van der Waals surface area contributed by atoms with Crippen LogP contribution in [0.15, 0.2) is 59.8 Å². The molecule has 2 unspecified atom stereocenters. The second kappa shape index (κ2) is 9.46. The van der Waals surface area contributed by atoms with Gasteiger partial charge in [-0.25, -0.2) is 4.98 Å². The summed E-state index contributed by atoms with van der Waals surface area (Å²) < 4.78 is 7.69. The molecule has 0 saturated carbocycles. The Bertz CT molecular complexity index is 915. The fraction of sp³-hybridized carbons (Fsp3) is 0.391. The van der Waals surface area contributed by atoms with E-state index in [2.05, 4.69) is 23.4 Å². The van der Waals surface area contributed by atoms with E-state index >= 15 is 0 Å². The van der Waals surface area contributed by atoms with Gasteiger partial charge < -0.3 is 14.5 Å². The molecular weight excluding hydrogens is 382 g/mol. The van der Waals surface area contributed by atoms with E-state index in [1.54, 1.807) is 11.8 Å². The molecule has 1 saturated heterocycles. The Labute approximate surface area is 175 Å². The summed E-state index contributed by atoms with van der Waals surface area (Å²) in [6, 6.07) is 14.0. The number of hydrogen-bond acceptors (Lipinski definition) is 4. The maximum Gasteiger partial charge on any atom is 0.251 e. The molecule has 3 aromatic rings. The molecule has 0 aliphatic carbocycles. The zero-order chi connectivity index (χ0) is 20.1. The van der Waals surface area contributed by atoms with E-state index in [0.29, 0.717) is 11.7 Å². The standard InChI is InChI=1S/C23H27N3O2S/c1-17(7-10-20-5-4-14-28-20)24-23(27)18-8-11-21(12-9-18)29-16-19-15-26-13-3-2-6-22(26)25-19/h2-3,6,8-9,11-13,15,17,20H,4-5,7,10,14,16H2,1H3,(H,24,27). The van der Waals surface area contributed by atoms with E-state index in [-0.39, 0.29) is 11.9 Å². The van der Waals surface area contributed by atoms with E-state index in [0.717, 1.165) is 54.3 Å². The fourth-order valence-electron chi connectivity index (χ4n) is 3.60. The number of imidazole rings is 1. The van der Waals surface area contributed by atoms with Gasteiger partial charge in [0.25, 0.3) is 5.91 Å². The van der Waals surface area contributed by atoms with Crippen LogP contribution in [0.25, 0.3) is 5.65 Å². The maximum absolute atomic E-state index is 12.5. The highest BCUT2D eigenvalue weighted by Crippen LogP contribution is 2.23. The third-order valence-corrected chi connectivity index (χ3v) is 6.29. The lowest BCUT2D eigenvalue weighted by Gasteiger charge is -2.16. The van der Waals surface area contributed by atoms with Crippen molar-refractivity contribution in [1.82, 2.24) is 14.7 Å². The van der Waals surface area contributed by atoms with E-state index in [1.165, 1.54) is 0 Å². The molecule has 1 N–H and O–H groups in total. The number of benzene rings is 1. The number of thioether (sulfide) groups is 1. The van der Waals surface area contributed by atoms with Gasteiger partial charge in [0.05, 0.1) is 11.8 Å². The van der Waals surface area contributed by atoms with Crippen molar-refractivity contribution in [3.63, 3.8) is 0 Å². The second-order valence-electron chi connectivity index (χ2n) is 7.60. The number of pyridine rings is 1. The molecule has 3 heterocycles. The molecule has 29 heavy (non-hydrogen) atoms. The predicted molar refractivity (Wildman–Crippen MR) is 116 cm³/mol. The number of nitrogens with one attached hydrogen (secondary N) is 1. The van der Waals surface area contributed by atoms with Crippen molar-refractivity contribution in [2.45, 2.75) is 55.4 Å². The summed E-state index contributed by atoms with van der Waals surface area (Å²) in [6.07, 6.45) is 8.71. The van der Waals surface area contributed by atoms with Gasteiger partial charge in [-0.3, -0.25) is 4.79 Å². The Kier molecular flexibility index (Phi) is 6.52. The summed E-state index contributed by atoms with van der Waals surface area (Å²) in [5.74, 6) is 0.787. The van der Waals surface area contributed by atoms with Crippen LogP contribution in [-0.4, -0.2) is 34.0 Å². The van der Waals surface area contributed by atoms with Crippen molar-refractivity contribution in [2.24, 2.45) is 0 Å². The molecule has 2 atom stereocenters. The SMILES string of the molecule is CC(CCC1CCCO1)NC(=O)c1ccc(SCc2cn3ccccc3n2)cc1. The first-order valence-corrected chi connectivity index (χ1v) is 11.2. The zero-order valence-corrected chi connectivity index (χ0v) is 17.5. The van der Waals surface area contributed by atoms with Crippen LogP contribution >= 0.6 is 11.8 Å². The summed E-state index contributed by atoms with van der Waals surface area (Å²) in [5.41, 5.74) is 2.71. The first-order chi connectivity index (χ1) is 14.2. The minimum absolute atomic E-state index is 0.0123. The van der Waals surface area contributed by atoms with Crippen LogP contribution in [-0.2, 0) is 10.5 Å². The van der Waals surface area contributed by atoms with Gasteiger partial charge in [-0.2, -0.15) is 0 Å². The first kappa shape index (κ1) is 20.0. The van der Waals surface area contributed by atoms with Gasteiger partial charge in [-0.05, 0) is 69.0 Å². The minimum atomic E-state index is -0.0123. The smallest absolute Gasteiger partial charge is 0.251 e. The molecule has 0 radical (unpaired) electrons. The number of nitrogens with zero attached hydrogens (tertiary/aromatic N) is 2.